The van der Waals surface area contributed by atoms with Crippen LogP contribution in [0.4, 0.5) is 13.2 Å². The maximum atomic E-state index is 13.3. The first-order valence-corrected chi connectivity index (χ1v) is 13.1. The molecule has 0 aliphatic carbocycles. The molecule has 0 saturated carbocycles. The minimum Gasteiger partial charge on any atom is -0.482 e. The van der Waals surface area contributed by atoms with Gasteiger partial charge in [0.05, 0.1) is 16.1 Å². The Bertz CT molecular complexity index is 1710. The summed E-state index contributed by atoms with van der Waals surface area (Å²) in [5, 5.41) is 0.593. The normalized spacial score (nSPS) is 12.9. The van der Waals surface area contributed by atoms with Crippen LogP contribution in [0, 0.1) is 12.3 Å². The van der Waals surface area contributed by atoms with Crippen LogP contribution in [-0.2, 0) is 22.8 Å². The molecule has 0 aliphatic heterocycles. The number of hydrogen-bond acceptors (Lipinski definition) is 7. The number of hydrogen-bond donors (Lipinski definition) is 0. The maximum absolute atomic E-state index is 13.3. The van der Waals surface area contributed by atoms with E-state index in [-0.39, 0.29) is 23.8 Å². The van der Waals surface area contributed by atoms with Gasteiger partial charge in [0.2, 0.25) is 0 Å². The fourth-order valence-electron chi connectivity index (χ4n) is 3.89. The Morgan fingerprint density at radius 2 is 1.77 bits per heavy atom. The molecule has 1 unspecified atom stereocenters. The summed E-state index contributed by atoms with van der Waals surface area (Å²) in [6, 6.07) is 10.3. The lowest BCUT2D eigenvalue weighted by Crippen LogP contribution is -2.40. The predicted octanol–water partition coefficient (Wildman–Crippen LogP) is 5.50. The quantitative estimate of drug-likeness (QED) is 0.282. The molecule has 2 heterocycles. The number of carbonyl (C=O) groups is 1. The zero-order valence-corrected chi connectivity index (χ0v) is 23.6. The van der Waals surface area contributed by atoms with E-state index in [4.69, 9.17) is 9.47 Å². The highest BCUT2D eigenvalue weighted by atomic mass is 32.1. The van der Waals surface area contributed by atoms with Crippen molar-refractivity contribution in [2.45, 2.75) is 46.9 Å². The second kappa shape index (κ2) is 10.6. The van der Waals surface area contributed by atoms with Crippen molar-refractivity contribution in [2.24, 2.45) is 12.5 Å². The Balaban J connectivity index is 1.69. The molecule has 0 bridgehead atoms. The number of fused-ring (bicyclic) bond motifs is 1. The molecule has 1 atom stereocenters. The summed E-state index contributed by atoms with van der Waals surface area (Å²) in [6.07, 6.45) is -5.16. The number of carbonyl (C=O) groups excluding carboxylic acids is 1. The number of halogens is 3. The van der Waals surface area contributed by atoms with Crippen molar-refractivity contribution in [3.63, 3.8) is 0 Å². The molecule has 0 saturated heterocycles. The Hall–Kier alpha value is -3.93. The SMILES string of the molecule is Cc1ccc(OCC(=O)OC(C)C(C)(C)C)cc1-c1nsc2ccc(-n3c(=O)cc(C(F)(F)F)n(C)c3=O)cc12. The van der Waals surface area contributed by atoms with E-state index >= 15 is 0 Å². The Kier molecular flexibility index (Phi) is 7.68. The first kappa shape index (κ1) is 29.1. The van der Waals surface area contributed by atoms with Crippen LogP contribution >= 0.6 is 11.5 Å². The number of nitrogens with zero attached hydrogens (tertiary/aromatic N) is 3. The predicted molar refractivity (Wildman–Crippen MR) is 146 cm³/mol. The van der Waals surface area contributed by atoms with Gasteiger partial charge in [-0.1, -0.05) is 26.8 Å². The highest BCUT2D eigenvalue weighted by Gasteiger charge is 2.35. The van der Waals surface area contributed by atoms with Crippen molar-refractivity contribution in [3.8, 4) is 22.7 Å². The number of aromatic nitrogens is 3. The fourth-order valence-corrected chi connectivity index (χ4v) is 4.66. The molecule has 4 rings (SSSR count). The van der Waals surface area contributed by atoms with Crippen LogP contribution in [0.1, 0.15) is 39.0 Å². The molecular formula is C28H28F3N3O5S. The zero-order chi connectivity index (χ0) is 29.6. The van der Waals surface area contributed by atoms with Gasteiger partial charge >= 0.3 is 17.8 Å². The lowest BCUT2D eigenvalue weighted by Gasteiger charge is -2.26. The van der Waals surface area contributed by atoms with E-state index < -0.39 is 29.1 Å². The summed E-state index contributed by atoms with van der Waals surface area (Å²) in [6.45, 7) is 9.29. The molecule has 0 N–H and O–H groups in total. The van der Waals surface area contributed by atoms with E-state index in [2.05, 4.69) is 4.37 Å². The molecule has 40 heavy (non-hydrogen) atoms. The van der Waals surface area contributed by atoms with E-state index in [0.29, 0.717) is 37.6 Å². The Morgan fingerprint density at radius 3 is 2.42 bits per heavy atom. The molecular weight excluding hydrogens is 547 g/mol. The largest absolute Gasteiger partial charge is 0.482 e. The first-order chi connectivity index (χ1) is 18.6. The van der Waals surface area contributed by atoms with E-state index in [1.54, 1.807) is 30.3 Å². The van der Waals surface area contributed by atoms with Crippen molar-refractivity contribution in [3.05, 3.63) is 74.6 Å². The third kappa shape index (κ3) is 5.81. The number of alkyl halides is 3. The third-order valence-corrected chi connectivity index (χ3v) is 7.50. The molecule has 2 aromatic heterocycles. The summed E-state index contributed by atoms with van der Waals surface area (Å²) in [7, 11) is 0.964. The number of esters is 1. The van der Waals surface area contributed by atoms with Gasteiger partial charge in [-0.25, -0.2) is 14.2 Å². The molecule has 8 nitrogen and oxygen atoms in total. The molecule has 0 fully saturated rings. The summed E-state index contributed by atoms with van der Waals surface area (Å²) in [5.41, 5.74) is -1.60. The maximum Gasteiger partial charge on any atom is 0.431 e. The van der Waals surface area contributed by atoms with Crippen LogP contribution in [0.2, 0.25) is 0 Å². The number of ether oxygens (including phenoxy) is 2. The summed E-state index contributed by atoms with van der Waals surface area (Å²) in [4.78, 5) is 37.7. The van der Waals surface area contributed by atoms with Gasteiger partial charge in [-0.2, -0.15) is 17.5 Å². The Morgan fingerprint density at radius 1 is 1.07 bits per heavy atom. The van der Waals surface area contributed by atoms with Crippen LogP contribution in [-0.4, -0.2) is 32.2 Å². The molecule has 212 valence electrons. The van der Waals surface area contributed by atoms with Gasteiger partial charge in [0.25, 0.3) is 5.56 Å². The first-order valence-electron chi connectivity index (χ1n) is 12.3. The highest BCUT2D eigenvalue weighted by molar-refractivity contribution is 7.13. The molecule has 0 amide bonds. The van der Waals surface area contributed by atoms with E-state index in [0.717, 1.165) is 17.3 Å². The average molecular weight is 576 g/mol. The van der Waals surface area contributed by atoms with Crippen molar-refractivity contribution in [1.82, 2.24) is 13.5 Å². The number of aryl methyl sites for hydroxylation is 1. The van der Waals surface area contributed by atoms with Crippen LogP contribution in [0.25, 0.3) is 27.0 Å². The molecule has 0 radical (unpaired) electrons. The van der Waals surface area contributed by atoms with Crippen molar-refractivity contribution >= 4 is 27.6 Å². The summed E-state index contributed by atoms with van der Waals surface area (Å²) in [5.74, 6) is -0.0945. The van der Waals surface area contributed by atoms with Crippen molar-refractivity contribution < 1.29 is 27.4 Å². The van der Waals surface area contributed by atoms with Gasteiger partial charge < -0.3 is 9.47 Å². The highest BCUT2D eigenvalue weighted by Crippen LogP contribution is 2.36. The standard InChI is InChI=1S/C28H28F3N3O5S/c1-15-7-9-18(38-14-24(36)39-16(2)27(3,4)5)12-19(15)25-20-11-17(8-10-21(20)40-32-25)34-23(35)13-22(28(29,30)31)33(6)26(34)37/h7-13,16H,14H2,1-6H3. The van der Waals surface area contributed by atoms with Crippen LogP contribution in [0.15, 0.2) is 52.1 Å². The zero-order valence-electron chi connectivity index (χ0n) is 22.8. The van der Waals surface area contributed by atoms with Crippen LogP contribution in [0.3, 0.4) is 0 Å². The van der Waals surface area contributed by atoms with Gasteiger partial charge in [0, 0.05) is 24.1 Å². The number of rotatable bonds is 6. The molecule has 4 aromatic rings. The Labute approximate surface area is 231 Å². The minimum absolute atomic E-state index is 0.106. The smallest absolute Gasteiger partial charge is 0.431 e. The molecule has 0 spiro atoms. The lowest BCUT2D eigenvalue weighted by molar-refractivity contribution is -0.155. The second-order valence-electron chi connectivity index (χ2n) is 10.5. The van der Waals surface area contributed by atoms with Gasteiger partial charge in [0.15, 0.2) is 6.61 Å². The molecule has 12 heteroatoms. The summed E-state index contributed by atoms with van der Waals surface area (Å²) >= 11 is 1.19. The van der Waals surface area contributed by atoms with E-state index in [1.807, 2.05) is 34.6 Å². The van der Waals surface area contributed by atoms with Gasteiger partial charge in [-0.15, -0.1) is 0 Å². The van der Waals surface area contributed by atoms with Gasteiger partial charge in [0.1, 0.15) is 17.5 Å². The fraction of sp³-hybridized carbons (Fsp3) is 0.357. The number of benzene rings is 2. The minimum atomic E-state index is -4.85. The average Bonchev–Trinajstić information content (AvgIpc) is 3.27. The second-order valence-corrected chi connectivity index (χ2v) is 11.3. The van der Waals surface area contributed by atoms with Crippen LogP contribution < -0.4 is 16.0 Å². The van der Waals surface area contributed by atoms with E-state index in [9.17, 15) is 27.6 Å². The molecule has 2 aromatic carbocycles. The van der Waals surface area contributed by atoms with Crippen molar-refractivity contribution in [1.29, 1.82) is 0 Å². The van der Waals surface area contributed by atoms with Crippen LogP contribution in [0.5, 0.6) is 5.75 Å². The molecule has 0 aliphatic rings. The van der Waals surface area contributed by atoms with Crippen molar-refractivity contribution in [2.75, 3.05) is 6.61 Å². The third-order valence-electron chi connectivity index (χ3n) is 6.67. The monoisotopic (exact) mass is 575 g/mol. The summed E-state index contributed by atoms with van der Waals surface area (Å²) < 4.78 is 57.3. The van der Waals surface area contributed by atoms with Gasteiger partial charge in [-0.05, 0) is 66.7 Å². The topological polar surface area (TPSA) is 92.4 Å². The van der Waals surface area contributed by atoms with Gasteiger partial charge in [-0.3, -0.25) is 9.36 Å². The van der Waals surface area contributed by atoms with E-state index in [1.165, 1.54) is 17.6 Å². The lowest BCUT2D eigenvalue weighted by atomic mass is 9.90.